The van der Waals surface area contributed by atoms with Gasteiger partial charge in [-0.15, -0.1) is 0 Å². The van der Waals surface area contributed by atoms with Crippen LogP contribution < -0.4 is 15.2 Å². The van der Waals surface area contributed by atoms with Crippen LogP contribution >= 0.6 is 11.6 Å². The van der Waals surface area contributed by atoms with E-state index < -0.39 is 0 Å². The van der Waals surface area contributed by atoms with Crippen molar-refractivity contribution < 1.29 is 9.47 Å². The average molecular weight is 357 g/mol. The second-order valence-corrected chi connectivity index (χ2v) is 6.87. The molecule has 0 aliphatic carbocycles. The van der Waals surface area contributed by atoms with Gasteiger partial charge in [-0.25, -0.2) is 0 Å². The number of H-pyrrole nitrogens is 1. The van der Waals surface area contributed by atoms with Crippen molar-refractivity contribution in [2.45, 2.75) is 26.2 Å². The smallest absolute Gasteiger partial charge is 0.231 e. The zero-order valence-electron chi connectivity index (χ0n) is 14.2. The summed E-state index contributed by atoms with van der Waals surface area (Å²) in [6.45, 7) is 3.07. The van der Waals surface area contributed by atoms with Crippen molar-refractivity contribution in [3.05, 3.63) is 46.5 Å². The number of hydrogen-bond acceptors (Lipinski definition) is 3. The van der Waals surface area contributed by atoms with Crippen LogP contribution in [0.15, 0.2) is 30.3 Å². The lowest BCUT2D eigenvalue weighted by atomic mass is 9.99. The van der Waals surface area contributed by atoms with E-state index in [1.165, 1.54) is 10.9 Å². The summed E-state index contributed by atoms with van der Waals surface area (Å²) in [5.41, 5.74) is 11.5. The van der Waals surface area contributed by atoms with Crippen molar-refractivity contribution in [3.63, 3.8) is 0 Å². The molecule has 0 fully saturated rings. The van der Waals surface area contributed by atoms with Crippen LogP contribution in [0.1, 0.15) is 24.0 Å². The highest BCUT2D eigenvalue weighted by Gasteiger charge is 2.19. The highest BCUT2D eigenvalue weighted by Crippen LogP contribution is 2.39. The van der Waals surface area contributed by atoms with Crippen molar-refractivity contribution in [3.8, 4) is 22.8 Å². The zero-order valence-corrected chi connectivity index (χ0v) is 15.0. The van der Waals surface area contributed by atoms with Gasteiger partial charge in [0.25, 0.3) is 0 Å². The standard InChI is InChI=1S/C20H21ClN2O2/c1-12-8-14(21)10-16-15(4-2-3-7-22)20(23-19(12)16)13-5-6-17-18(9-13)25-11-24-17/h5-6,8-10,23H,2-4,7,11,22H2,1H3. The fraction of sp³-hybridized carbons (Fsp3) is 0.300. The predicted molar refractivity (Wildman–Crippen MR) is 102 cm³/mol. The Kier molecular flexibility index (Phi) is 4.32. The molecule has 130 valence electrons. The molecule has 1 aliphatic rings. The molecule has 0 bridgehead atoms. The number of aromatic amines is 1. The molecule has 0 atom stereocenters. The molecule has 3 aromatic rings. The summed E-state index contributed by atoms with van der Waals surface area (Å²) >= 11 is 6.32. The van der Waals surface area contributed by atoms with E-state index >= 15 is 0 Å². The number of benzene rings is 2. The van der Waals surface area contributed by atoms with E-state index in [0.29, 0.717) is 6.54 Å². The van der Waals surface area contributed by atoms with Crippen LogP contribution in [0.2, 0.25) is 5.02 Å². The van der Waals surface area contributed by atoms with Crippen LogP contribution in [0.5, 0.6) is 11.5 Å². The summed E-state index contributed by atoms with van der Waals surface area (Å²) < 4.78 is 11.0. The lowest BCUT2D eigenvalue weighted by molar-refractivity contribution is 0.174. The Morgan fingerprint density at radius 3 is 2.80 bits per heavy atom. The number of hydrogen-bond donors (Lipinski definition) is 2. The molecule has 0 radical (unpaired) electrons. The Hall–Kier alpha value is -2.17. The number of halogens is 1. The van der Waals surface area contributed by atoms with Gasteiger partial charge in [-0.05, 0) is 74.2 Å². The quantitative estimate of drug-likeness (QED) is 0.645. The Labute approximate surface area is 151 Å². The van der Waals surface area contributed by atoms with Crippen LogP contribution in [0.4, 0.5) is 0 Å². The second kappa shape index (κ2) is 6.62. The number of ether oxygens (including phenoxy) is 2. The van der Waals surface area contributed by atoms with E-state index in [1.54, 1.807) is 0 Å². The van der Waals surface area contributed by atoms with Gasteiger partial charge >= 0.3 is 0 Å². The number of fused-ring (bicyclic) bond motifs is 2. The maximum Gasteiger partial charge on any atom is 0.231 e. The molecule has 0 spiro atoms. The highest BCUT2D eigenvalue weighted by atomic mass is 35.5. The van der Waals surface area contributed by atoms with Gasteiger partial charge in [0.2, 0.25) is 6.79 Å². The Balaban J connectivity index is 1.86. The number of aryl methyl sites for hydroxylation is 2. The van der Waals surface area contributed by atoms with Gasteiger partial charge in [0.05, 0.1) is 0 Å². The first-order valence-electron chi connectivity index (χ1n) is 8.58. The molecule has 2 aromatic carbocycles. The fourth-order valence-corrected chi connectivity index (χ4v) is 3.76. The normalized spacial score (nSPS) is 12.9. The Bertz CT molecular complexity index is 933. The zero-order chi connectivity index (χ0) is 17.4. The molecule has 1 aromatic heterocycles. The van der Waals surface area contributed by atoms with Crippen LogP contribution in [0.3, 0.4) is 0 Å². The molecule has 4 nitrogen and oxygen atoms in total. The maximum atomic E-state index is 6.32. The van der Waals surface area contributed by atoms with Gasteiger partial charge < -0.3 is 20.2 Å². The topological polar surface area (TPSA) is 60.3 Å². The summed E-state index contributed by atoms with van der Waals surface area (Å²) in [6.07, 6.45) is 3.01. The number of nitrogens with two attached hydrogens (primary N) is 1. The van der Waals surface area contributed by atoms with Gasteiger partial charge in [0.15, 0.2) is 11.5 Å². The molecule has 2 heterocycles. The summed E-state index contributed by atoms with van der Waals surface area (Å²) in [4.78, 5) is 3.61. The minimum Gasteiger partial charge on any atom is -0.454 e. The van der Waals surface area contributed by atoms with E-state index in [2.05, 4.69) is 24.0 Å². The lowest BCUT2D eigenvalue weighted by Gasteiger charge is -2.06. The second-order valence-electron chi connectivity index (χ2n) is 6.44. The van der Waals surface area contributed by atoms with Crippen molar-refractivity contribution in [1.29, 1.82) is 0 Å². The fourth-order valence-electron chi connectivity index (χ4n) is 3.49. The molecule has 3 N–H and O–H groups in total. The lowest BCUT2D eigenvalue weighted by Crippen LogP contribution is -1.99. The van der Waals surface area contributed by atoms with Gasteiger partial charge in [0.1, 0.15) is 0 Å². The molecular weight excluding hydrogens is 336 g/mol. The van der Waals surface area contributed by atoms with E-state index in [4.69, 9.17) is 26.8 Å². The minimum absolute atomic E-state index is 0.281. The van der Waals surface area contributed by atoms with Crippen LogP contribution in [0, 0.1) is 6.92 Å². The van der Waals surface area contributed by atoms with E-state index in [0.717, 1.165) is 58.1 Å². The Morgan fingerprint density at radius 1 is 1.12 bits per heavy atom. The van der Waals surface area contributed by atoms with Crippen LogP contribution in [-0.4, -0.2) is 18.3 Å². The van der Waals surface area contributed by atoms with Gasteiger partial charge in [-0.1, -0.05) is 11.6 Å². The summed E-state index contributed by atoms with van der Waals surface area (Å²) in [7, 11) is 0. The van der Waals surface area contributed by atoms with Gasteiger partial charge in [0, 0.05) is 27.2 Å². The highest BCUT2D eigenvalue weighted by molar-refractivity contribution is 6.31. The van der Waals surface area contributed by atoms with E-state index in [-0.39, 0.29) is 6.79 Å². The maximum absolute atomic E-state index is 6.32. The SMILES string of the molecule is Cc1cc(Cl)cc2c(CCCCN)c(-c3ccc4c(c3)OCO4)[nH]c12. The molecule has 0 amide bonds. The minimum atomic E-state index is 0.281. The predicted octanol–water partition coefficient (Wildman–Crippen LogP) is 4.81. The van der Waals surface area contributed by atoms with Crippen LogP contribution in [-0.2, 0) is 6.42 Å². The Morgan fingerprint density at radius 2 is 1.96 bits per heavy atom. The largest absolute Gasteiger partial charge is 0.454 e. The first kappa shape index (κ1) is 16.3. The first-order chi connectivity index (χ1) is 12.2. The molecule has 1 aliphatic heterocycles. The molecule has 5 heteroatoms. The van der Waals surface area contributed by atoms with Crippen molar-refractivity contribution in [1.82, 2.24) is 4.98 Å². The molecular formula is C20H21ClN2O2. The summed E-state index contributed by atoms with van der Waals surface area (Å²) in [5.74, 6) is 1.59. The molecule has 0 saturated heterocycles. The van der Waals surface area contributed by atoms with E-state index in [1.807, 2.05) is 18.2 Å². The number of nitrogens with one attached hydrogen (secondary N) is 1. The van der Waals surface area contributed by atoms with Crippen LogP contribution in [0.25, 0.3) is 22.2 Å². The average Bonchev–Trinajstić information content (AvgIpc) is 3.19. The molecule has 25 heavy (non-hydrogen) atoms. The number of unbranched alkanes of at least 4 members (excludes halogenated alkanes) is 1. The van der Waals surface area contributed by atoms with Crippen molar-refractivity contribution in [2.24, 2.45) is 5.73 Å². The number of rotatable bonds is 5. The summed E-state index contributed by atoms with van der Waals surface area (Å²) in [5, 5.41) is 1.95. The summed E-state index contributed by atoms with van der Waals surface area (Å²) in [6, 6.07) is 10.1. The molecule has 0 unspecified atom stereocenters. The van der Waals surface area contributed by atoms with Crippen molar-refractivity contribution >= 4 is 22.5 Å². The molecule has 0 saturated carbocycles. The van der Waals surface area contributed by atoms with Crippen molar-refractivity contribution in [2.75, 3.05) is 13.3 Å². The third kappa shape index (κ3) is 2.96. The third-order valence-corrected chi connectivity index (χ3v) is 4.94. The third-order valence-electron chi connectivity index (χ3n) is 4.72. The first-order valence-corrected chi connectivity index (χ1v) is 8.96. The van der Waals surface area contributed by atoms with E-state index in [9.17, 15) is 0 Å². The van der Waals surface area contributed by atoms with Gasteiger partial charge in [-0.3, -0.25) is 0 Å². The number of aromatic nitrogens is 1. The monoisotopic (exact) mass is 356 g/mol. The van der Waals surface area contributed by atoms with Gasteiger partial charge in [-0.2, -0.15) is 0 Å². The molecule has 4 rings (SSSR count).